The van der Waals surface area contributed by atoms with E-state index in [-0.39, 0.29) is 12.1 Å². The minimum Gasteiger partial charge on any atom is -0.377 e. The van der Waals surface area contributed by atoms with E-state index in [0.29, 0.717) is 38.1 Å². The summed E-state index contributed by atoms with van der Waals surface area (Å²) >= 11 is 2.79. The Morgan fingerprint density at radius 2 is 1.53 bits per heavy atom. The smallest absolute Gasteiger partial charge is 0.177 e. The van der Waals surface area contributed by atoms with Gasteiger partial charge in [0.15, 0.2) is 5.82 Å². The van der Waals surface area contributed by atoms with Gasteiger partial charge in [-0.15, -0.1) is 0 Å². The maximum Gasteiger partial charge on any atom is 0.177 e. The molecule has 17 nitrogen and oxygen atoms in total. The van der Waals surface area contributed by atoms with E-state index < -0.39 is 14.5 Å². The molecule has 0 spiro atoms. The normalized spacial score (nSPS) is 20.5. The number of rotatable bonds is 7. The van der Waals surface area contributed by atoms with Gasteiger partial charge in [-0.1, -0.05) is 0 Å². The zero-order valence-electron chi connectivity index (χ0n) is 32.6. The Morgan fingerprint density at radius 1 is 0.877 bits per heavy atom. The summed E-state index contributed by atoms with van der Waals surface area (Å²) in [5.41, 5.74) is 7.88. The molecule has 0 bridgehead atoms. The molecule has 57 heavy (non-hydrogen) atoms. The molecule has 7 aromatic heterocycles. The van der Waals surface area contributed by atoms with Crippen molar-refractivity contribution in [2.75, 3.05) is 55.6 Å². The number of nitrogens with zero attached hydrogens (tertiary/aromatic N) is 11. The standard InChI is InChI=1S/C19H24N6O2S2.C18H20N8OS/c1-11-8-14(23-22-11)16-17-18(28-24-16)13(19(4-5-19)29(3,20)26)9-15(21-17)25-6-7-27-10-12(25)2;1-10-9-27-7-6-26(10)14-8-12(13-4-5-19-25(13)3)17-15(21-14)16(24-28-17)18-20-11(2)22-23-18/h8-9,12,20H,4-7,10H2,1-3H3,(H,22,23);4-5,8,10H,6-7,9H2,1-3H3,(H,20,22,23)/t12-,29?;10-/m11/s1. The number of ether oxygens (including phenoxy) is 2. The molecular weight excluding hydrogens is 785 g/mol. The molecule has 1 saturated carbocycles. The van der Waals surface area contributed by atoms with Crippen molar-refractivity contribution < 1.29 is 13.7 Å². The zero-order chi connectivity index (χ0) is 39.6. The Labute approximate surface area is 337 Å². The molecule has 3 N–H and O–H groups in total. The number of anilines is 2. The Balaban J connectivity index is 0.000000148. The molecule has 9 heterocycles. The van der Waals surface area contributed by atoms with Gasteiger partial charge in [-0.3, -0.25) is 19.7 Å². The Bertz CT molecular complexity index is 2710. The van der Waals surface area contributed by atoms with E-state index >= 15 is 0 Å². The van der Waals surface area contributed by atoms with Crippen molar-refractivity contribution in [3.63, 3.8) is 0 Å². The average molecular weight is 829 g/mol. The van der Waals surface area contributed by atoms with E-state index in [1.54, 1.807) is 12.5 Å². The minimum atomic E-state index is -2.76. The number of pyridine rings is 2. The second-order valence-corrected chi connectivity index (χ2v) is 19.1. The summed E-state index contributed by atoms with van der Waals surface area (Å²) in [6, 6.07) is 8.60. The van der Waals surface area contributed by atoms with E-state index in [1.165, 1.54) is 23.1 Å². The third kappa shape index (κ3) is 6.75. The number of hydrogen-bond donors (Lipinski definition) is 3. The number of aromatic amines is 2. The fourth-order valence-corrected chi connectivity index (χ4v) is 11.0. The summed E-state index contributed by atoms with van der Waals surface area (Å²) < 4.78 is 45.1. The number of morpholine rings is 2. The predicted molar refractivity (Wildman–Crippen MR) is 222 cm³/mol. The van der Waals surface area contributed by atoms with Crippen LogP contribution in [0.25, 0.3) is 54.6 Å². The van der Waals surface area contributed by atoms with Crippen LogP contribution < -0.4 is 9.80 Å². The molecule has 20 heteroatoms. The molecule has 7 aromatic rings. The molecule has 1 unspecified atom stereocenters. The highest BCUT2D eigenvalue weighted by Gasteiger charge is 2.53. The van der Waals surface area contributed by atoms with Crippen molar-refractivity contribution in [1.82, 2.24) is 53.9 Å². The molecule has 298 valence electrons. The van der Waals surface area contributed by atoms with Gasteiger partial charge in [-0.25, -0.2) is 19.2 Å². The second kappa shape index (κ2) is 14.5. The zero-order valence-corrected chi connectivity index (χ0v) is 35.0. The molecular formula is C37H44N14O3S3. The SMILES string of the molecule is Cc1cc(-c2nsc3c(C4(S(C)(=N)=O)CC4)cc(N4CCOC[C@H]4C)nc23)[nH]n1.Cc1n[nH]c(-c2nsc3c(-c4ccnn4C)cc(N4CCOC[C@H]4C)nc23)n1. The van der Waals surface area contributed by atoms with Crippen molar-refractivity contribution in [3.05, 3.63) is 47.5 Å². The highest BCUT2D eigenvalue weighted by molar-refractivity contribution is 7.93. The van der Waals surface area contributed by atoms with E-state index in [9.17, 15) is 4.21 Å². The molecule has 0 amide bonds. The molecule has 10 rings (SSSR count). The summed E-state index contributed by atoms with van der Waals surface area (Å²) in [6.45, 7) is 12.3. The maximum atomic E-state index is 12.9. The van der Waals surface area contributed by atoms with Crippen LogP contribution in [0.3, 0.4) is 0 Å². The van der Waals surface area contributed by atoms with Crippen molar-refractivity contribution in [2.45, 2.75) is 57.4 Å². The van der Waals surface area contributed by atoms with E-state index in [1.807, 2.05) is 37.7 Å². The number of H-pyrrole nitrogens is 2. The maximum absolute atomic E-state index is 12.9. The highest BCUT2D eigenvalue weighted by atomic mass is 32.2. The van der Waals surface area contributed by atoms with Gasteiger partial charge < -0.3 is 19.3 Å². The first-order valence-electron chi connectivity index (χ1n) is 18.9. The summed E-state index contributed by atoms with van der Waals surface area (Å²) in [7, 11) is -0.815. The van der Waals surface area contributed by atoms with Crippen LogP contribution in [-0.4, -0.2) is 116 Å². The first-order chi connectivity index (χ1) is 27.4. The molecule has 2 aliphatic heterocycles. The molecule has 3 fully saturated rings. The predicted octanol–water partition coefficient (Wildman–Crippen LogP) is 5.69. The number of aromatic nitrogens is 11. The van der Waals surface area contributed by atoms with Gasteiger partial charge in [0.1, 0.15) is 39.9 Å². The molecule has 2 saturated heterocycles. The van der Waals surface area contributed by atoms with Crippen LogP contribution in [0.1, 0.15) is 43.8 Å². The lowest BCUT2D eigenvalue weighted by molar-refractivity contribution is 0.0985. The molecule has 3 aliphatic rings. The fourth-order valence-electron chi connectivity index (χ4n) is 7.72. The Hall–Kier alpha value is -4.89. The first kappa shape index (κ1) is 37.7. The van der Waals surface area contributed by atoms with Crippen LogP contribution in [0.4, 0.5) is 11.6 Å². The quantitative estimate of drug-likeness (QED) is 0.177. The third-order valence-electron chi connectivity index (χ3n) is 11.0. The molecule has 1 aliphatic carbocycles. The van der Waals surface area contributed by atoms with Gasteiger partial charge in [-0.2, -0.15) is 24.0 Å². The first-order valence-corrected chi connectivity index (χ1v) is 22.4. The van der Waals surface area contributed by atoms with Crippen LogP contribution in [0.2, 0.25) is 0 Å². The monoisotopic (exact) mass is 828 g/mol. The summed E-state index contributed by atoms with van der Waals surface area (Å²) in [6.07, 6.45) is 4.89. The molecule has 3 atom stereocenters. The van der Waals surface area contributed by atoms with Crippen LogP contribution >= 0.6 is 23.1 Å². The fraction of sp³-hybridized carbons (Fsp3) is 0.459. The van der Waals surface area contributed by atoms with Gasteiger partial charge in [-0.05, 0) is 93.4 Å². The number of nitrogens with one attached hydrogen (secondary N) is 3. The number of hydrogen-bond acceptors (Lipinski definition) is 16. The van der Waals surface area contributed by atoms with Crippen LogP contribution in [-0.2, 0) is 31.0 Å². The van der Waals surface area contributed by atoms with Gasteiger partial charge in [0.05, 0.1) is 79.5 Å². The van der Waals surface area contributed by atoms with E-state index in [4.69, 9.17) is 24.2 Å². The lowest BCUT2D eigenvalue weighted by Gasteiger charge is -2.35. The topological polar surface area (TPSA) is 205 Å². The minimum absolute atomic E-state index is 0.197. The van der Waals surface area contributed by atoms with E-state index in [2.05, 4.69) is 75.0 Å². The lowest BCUT2D eigenvalue weighted by Crippen LogP contribution is -2.44. The summed E-state index contributed by atoms with van der Waals surface area (Å²) in [4.78, 5) is 19.0. The largest absolute Gasteiger partial charge is 0.377 e. The Morgan fingerprint density at radius 3 is 2.09 bits per heavy atom. The van der Waals surface area contributed by atoms with Crippen molar-refractivity contribution >= 4 is 64.9 Å². The second-order valence-electron chi connectivity index (χ2n) is 15.0. The van der Waals surface area contributed by atoms with Gasteiger partial charge in [0, 0.05) is 38.2 Å². The van der Waals surface area contributed by atoms with Crippen molar-refractivity contribution in [2.24, 2.45) is 7.05 Å². The summed E-state index contributed by atoms with van der Waals surface area (Å²) in [5, 5.41) is 18.7. The number of aryl methyl sites for hydroxylation is 3. The average Bonchev–Trinajstić information content (AvgIpc) is 3.71. The van der Waals surface area contributed by atoms with Crippen molar-refractivity contribution in [3.8, 4) is 34.2 Å². The van der Waals surface area contributed by atoms with E-state index in [0.717, 1.165) is 97.6 Å². The number of fused-ring (bicyclic) bond motifs is 2. The van der Waals surface area contributed by atoms with Crippen LogP contribution in [0.15, 0.2) is 30.5 Å². The van der Waals surface area contributed by atoms with Gasteiger partial charge >= 0.3 is 0 Å². The Kier molecular flexibility index (Phi) is 9.58. The third-order valence-corrected chi connectivity index (χ3v) is 14.8. The van der Waals surface area contributed by atoms with Gasteiger partial charge in [0.2, 0.25) is 0 Å². The molecule has 0 aromatic carbocycles. The van der Waals surface area contributed by atoms with Crippen LogP contribution in [0, 0.1) is 18.6 Å². The molecule has 0 radical (unpaired) electrons. The van der Waals surface area contributed by atoms with Crippen molar-refractivity contribution in [1.29, 1.82) is 4.78 Å². The highest BCUT2D eigenvalue weighted by Crippen LogP contribution is 2.56. The van der Waals surface area contributed by atoms with Gasteiger partial charge in [0.25, 0.3) is 0 Å². The lowest BCUT2D eigenvalue weighted by atomic mass is 10.1. The van der Waals surface area contributed by atoms with Crippen LogP contribution in [0.5, 0.6) is 0 Å². The summed E-state index contributed by atoms with van der Waals surface area (Å²) in [5.74, 6) is 3.08.